The van der Waals surface area contributed by atoms with Crippen molar-refractivity contribution in [3.63, 3.8) is 0 Å². The van der Waals surface area contributed by atoms with Gasteiger partial charge in [-0.05, 0) is 24.6 Å². The van der Waals surface area contributed by atoms with Crippen LogP contribution in [0.2, 0.25) is 0 Å². The third-order valence-corrected chi connectivity index (χ3v) is 2.49. The van der Waals surface area contributed by atoms with Gasteiger partial charge >= 0.3 is 6.18 Å². The van der Waals surface area contributed by atoms with Gasteiger partial charge in [0.05, 0.1) is 18.2 Å². The maximum Gasteiger partial charge on any atom is 0.416 e. The minimum absolute atomic E-state index is 0.226. The second-order valence-corrected chi connectivity index (χ2v) is 4.07. The fourth-order valence-electron chi connectivity index (χ4n) is 1.73. The Morgan fingerprint density at radius 3 is 2.61 bits per heavy atom. The van der Waals surface area contributed by atoms with E-state index in [0.29, 0.717) is 18.7 Å². The topological polar surface area (TPSA) is 27.0 Å². The van der Waals surface area contributed by atoms with Crippen molar-refractivity contribution in [2.24, 2.45) is 0 Å². The molecule has 5 heteroatoms. The minimum Gasteiger partial charge on any atom is -0.286 e. The first-order chi connectivity index (χ1) is 8.47. The Labute approximate surface area is 105 Å². The lowest BCUT2D eigenvalue weighted by Gasteiger charge is -2.18. The predicted molar refractivity (Wildman–Crippen MR) is 62.6 cm³/mol. The zero-order valence-corrected chi connectivity index (χ0v) is 10.2. The van der Waals surface area contributed by atoms with Crippen molar-refractivity contribution in [1.82, 2.24) is 4.90 Å². The average Bonchev–Trinajstić information content (AvgIpc) is 2.29. The second kappa shape index (κ2) is 6.41. The Bertz CT molecular complexity index is 421. The third kappa shape index (κ3) is 4.38. The van der Waals surface area contributed by atoms with Crippen LogP contribution in [0.1, 0.15) is 24.5 Å². The van der Waals surface area contributed by atoms with Crippen LogP contribution in [0.3, 0.4) is 0 Å². The van der Waals surface area contributed by atoms with Gasteiger partial charge < -0.3 is 0 Å². The molecule has 0 atom stereocenters. The van der Waals surface area contributed by atoms with Crippen LogP contribution < -0.4 is 0 Å². The summed E-state index contributed by atoms with van der Waals surface area (Å²) in [4.78, 5) is 1.83. The van der Waals surface area contributed by atoms with Gasteiger partial charge in [-0.2, -0.15) is 18.4 Å². The number of rotatable bonds is 5. The van der Waals surface area contributed by atoms with E-state index in [2.05, 4.69) is 0 Å². The number of hydrogen-bond donors (Lipinski definition) is 0. The molecule has 0 amide bonds. The van der Waals surface area contributed by atoms with E-state index in [0.717, 1.165) is 18.6 Å². The molecule has 0 fully saturated rings. The smallest absolute Gasteiger partial charge is 0.286 e. The molecule has 0 aliphatic carbocycles. The molecule has 0 saturated carbocycles. The molecule has 98 valence electrons. The standard InChI is InChI=1S/C13H15F3N2/c1-2-7-18(8-6-17)10-11-4-3-5-12(9-11)13(14,15)16/h3-5,9H,2,7-8,10H2,1H3. The van der Waals surface area contributed by atoms with Crippen LogP contribution in [0.4, 0.5) is 13.2 Å². The Morgan fingerprint density at radius 1 is 1.33 bits per heavy atom. The Hall–Kier alpha value is -1.54. The fraction of sp³-hybridized carbons (Fsp3) is 0.462. The molecule has 1 aromatic carbocycles. The zero-order valence-electron chi connectivity index (χ0n) is 10.2. The molecule has 0 N–H and O–H groups in total. The monoisotopic (exact) mass is 256 g/mol. The maximum atomic E-state index is 12.5. The molecule has 0 saturated heterocycles. The number of halogens is 3. The SMILES string of the molecule is CCCN(CC#N)Cc1cccc(C(F)(F)F)c1. The maximum absolute atomic E-state index is 12.5. The summed E-state index contributed by atoms with van der Waals surface area (Å²) < 4.78 is 37.6. The number of nitrogens with zero attached hydrogens (tertiary/aromatic N) is 2. The van der Waals surface area contributed by atoms with Crippen LogP contribution in [0, 0.1) is 11.3 Å². The molecular weight excluding hydrogens is 241 g/mol. The number of alkyl halides is 3. The molecule has 0 radical (unpaired) electrons. The van der Waals surface area contributed by atoms with Crippen molar-refractivity contribution >= 4 is 0 Å². The van der Waals surface area contributed by atoms with Crippen LogP contribution >= 0.6 is 0 Å². The van der Waals surface area contributed by atoms with Gasteiger partial charge in [0.25, 0.3) is 0 Å². The van der Waals surface area contributed by atoms with Crippen molar-refractivity contribution in [2.45, 2.75) is 26.1 Å². The lowest BCUT2D eigenvalue weighted by atomic mass is 10.1. The van der Waals surface area contributed by atoms with Gasteiger partial charge in [0, 0.05) is 6.54 Å². The first kappa shape index (κ1) is 14.5. The molecule has 2 nitrogen and oxygen atoms in total. The minimum atomic E-state index is -4.32. The molecule has 0 bridgehead atoms. The Kier molecular flexibility index (Phi) is 5.17. The highest BCUT2D eigenvalue weighted by atomic mass is 19.4. The van der Waals surface area contributed by atoms with Crippen molar-refractivity contribution in [3.8, 4) is 6.07 Å². The summed E-state index contributed by atoms with van der Waals surface area (Å²) in [7, 11) is 0. The van der Waals surface area contributed by atoms with Crippen molar-refractivity contribution in [3.05, 3.63) is 35.4 Å². The first-order valence-electron chi connectivity index (χ1n) is 5.72. The van der Waals surface area contributed by atoms with E-state index in [1.807, 2.05) is 17.9 Å². The summed E-state index contributed by atoms with van der Waals surface area (Å²) in [5.74, 6) is 0. The summed E-state index contributed by atoms with van der Waals surface area (Å²) in [5, 5.41) is 8.65. The van der Waals surface area contributed by atoms with E-state index >= 15 is 0 Å². The summed E-state index contributed by atoms with van der Waals surface area (Å²) >= 11 is 0. The van der Waals surface area contributed by atoms with E-state index in [9.17, 15) is 13.2 Å². The molecule has 0 unspecified atom stereocenters. The molecule has 0 spiro atoms. The second-order valence-electron chi connectivity index (χ2n) is 4.07. The molecule has 0 heterocycles. The first-order valence-corrected chi connectivity index (χ1v) is 5.72. The van der Waals surface area contributed by atoms with Crippen molar-refractivity contribution in [1.29, 1.82) is 5.26 Å². The normalized spacial score (nSPS) is 11.6. The van der Waals surface area contributed by atoms with Crippen LogP contribution in [0.15, 0.2) is 24.3 Å². The Morgan fingerprint density at radius 2 is 2.06 bits per heavy atom. The highest BCUT2D eigenvalue weighted by Gasteiger charge is 2.30. The number of nitriles is 1. The van der Waals surface area contributed by atoms with E-state index in [1.165, 1.54) is 6.07 Å². The predicted octanol–water partition coefficient (Wildman–Crippen LogP) is 3.44. The van der Waals surface area contributed by atoms with E-state index in [-0.39, 0.29) is 6.54 Å². The Balaban J connectivity index is 2.80. The van der Waals surface area contributed by atoms with Gasteiger partial charge in [0.2, 0.25) is 0 Å². The number of benzene rings is 1. The average molecular weight is 256 g/mol. The van der Waals surface area contributed by atoms with Crippen LogP contribution in [0.5, 0.6) is 0 Å². The summed E-state index contributed by atoms with van der Waals surface area (Å²) in [5.41, 5.74) is -0.0677. The van der Waals surface area contributed by atoms with Gasteiger partial charge in [-0.3, -0.25) is 4.90 Å². The summed E-state index contributed by atoms with van der Waals surface area (Å²) in [6.07, 6.45) is -3.46. The molecular formula is C13H15F3N2. The highest BCUT2D eigenvalue weighted by Crippen LogP contribution is 2.29. The van der Waals surface area contributed by atoms with Gasteiger partial charge in [-0.25, -0.2) is 0 Å². The van der Waals surface area contributed by atoms with Gasteiger partial charge in [0.15, 0.2) is 0 Å². The lowest BCUT2D eigenvalue weighted by molar-refractivity contribution is -0.137. The molecule has 0 aromatic heterocycles. The van der Waals surface area contributed by atoms with Crippen LogP contribution in [-0.4, -0.2) is 18.0 Å². The highest BCUT2D eigenvalue weighted by molar-refractivity contribution is 5.25. The molecule has 18 heavy (non-hydrogen) atoms. The quantitative estimate of drug-likeness (QED) is 0.754. The largest absolute Gasteiger partial charge is 0.416 e. The van der Waals surface area contributed by atoms with Crippen LogP contribution in [-0.2, 0) is 12.7 Å². The van der Waals surface area contributed by atoms with E-state index in [1.54, 1.807) is 6.07 Å². The third-order valence-electron chi connectivity index (χ3n) is 2.49. The lowest BCUT2D eigenvalue weighted by Crippen LogP contribution is -2.24. The molecule has 0 aliphatic heterocycles. The molecule has 1 rings (SSSR count). The zero-order chi connectivity index (χ0) is 13.6. The summed E-state index contributed by atoms with van der Waals surface area (Å²) in [6.45, 7) is 3.26. The van der Waals surface area contributed by atoms with E-state index in [4.69, 9.17) is 5.26 Å². The van der Waals surface area contributed by atoms with Gasteiger partial charge in [0.1, 0.15) is 0 Å². The summed E-state index contributed by atoms with van der Waals surface area (Å²) in [6, 6.07) is 7.26. The fourth-order valence-corrected chi connectivity index (χ4v) is 1.73. The van der Waals surface area contributed by atoms with Gasteiger partial charge in [-0.1, -0.05) is 25.1 Å². The van der Waals surface area contributed by atoms with Crippen molar-refractivity contribution in [2.75, 3.05) is 13.1 Å². The molecule has 1 aromatic rings. The number of hydrogen-bond acceptors (Lipinski definition) is 2. The van der Waals surface area contributed by atoms with Crippen molar-refractivity contribution < 1.29 is 13.2 Å². The van der Waals surface area contributed by atoms with Crippen LogP contribution in [0.25, 0.3) is 0 Å². The van der Waals surface area contributed by atoms with E-state index < -0.39 is 11.7 Å². The molecule has 0 aliphatic rings. The van der Waals surface area contributed by atoms with Gasteiger partial charge in [-0.15, -0.1) is 0 Å².